The first kappa shape index (κ1) is 14.3. The van der Waals surface area contributed by atoms with Gasteiger partial charge in [0.15, 0.2) is 5.54 Å². The summed E-state index contributed by atoms with van der Waals surface area (Å²) >= 11 is 0. The van der Waals surface area contributed by atoms with Crippen molar-refractivity contribution >= 4 is 0 Å². The number of halogens is 3. The van der Waals surface area contributed by atoms with E-state index in [2.05, 4.69) is 10.1 Å². The molecule has 1 saturated carbocycles. The Labute approximate surface area is 108 Å². The van der Waals surface area contributed by atoms with E-state index in [0.29, 0.717) is 12.8 Å². The van der Waals surface area contributed by atoms with Crippen molar-refractivity contribution in [1.29, 1.82) is 0 Å². The van der Waals surface area contributed by atoms with Gasteiger partial charge in [-0.15, -0.1) is 0 Å². The molecule has 108 valence electrons. The summed E-state index contributed by atoms with van der Waals surface area (Å²) in [5.74, 6) is -0.498. The van der Waals surface area contributed by atoms with Gasteiger partial charge in [0.25, 0.3) is 5.89 Å². The topological polar surface area (TPSA) is 74.2 Å². The fraction of sp³-hybridized carbons (Fsp3) is 0.818. The van der Waals surface area contributed by atoms with E-state index >= 15 is 0 Å². The molecule has 0 bridgehead atoms. The summed E-state index contributed by atoms with van der Waals surface area (Å²) in [6.45, 7) is 0.804. The number of hydrogen-bond acceptors (Lipinski definition) is 5. The van der Waals surface area contributed by atoms with Gasteiger partial charge in [-0.1, -0.05) is 5.16 Å². The molecule has 1 fully saturated rings. The zero-order chi connectivity index (χ0) is 14.3. The molecule has 1 unspecified atom stereocenters. The molecule has 19 heavy (non-hydrogen) atoms. The molecule has 1 atom stereocenters. The second kappa shape index (κ2) is 4.45. The normalized spacial score (nSPS) is 22.4. The Morgan fingerprint density at radius 2 is 1.89 bits per heavy atom. The molecule has 1 aliphatic carbocycles. The summed E-state index contributed by atoms with van der Waals surface area (Å²) in [6, 6.07) is 0. The molecular weight excluding hydrogens is 263 g/mol. The lowest BCUT2D eigenvalue weighted by atomic mass is 10.0. The SMILES string of the molecule is COC1(c2noc(C(C)(N)C(F)(F)F)n2)CCCC1. The molecule has 2 N–H and O–H groups in total. The number of aromatic nitrogens is 2. The van der Waals surface area contributed by atoms with Crippen LogP contribution in [0.3, 0.4) is 0 Å². The van der Waals surface area contributed by atoms with Crippen LogP contribution in [0, 0.1) is 0 Å². The van der Waals surface area contributed by atoms with Crippen LogP contribution in [0.4, 0.5) is 13.2 Å². The number of nitrogens with zero attached hydrogens (tertiary/aromatic N) is 2. The van der Waals surface area contributed by atoms with Crippen LogP contribution in [0.15, 0.2) is 4.52 Å². The second-order valence-corrected chi connectivity index (χ2v) is 5.03. The molecule has 8 heteroatoms. The highest BCUT2D eigenvalue weighted by Gasteiger charge is 2.54. The van der Waals surface area contributed by atoms with E-state index in [1.54, 1.807) is 0 Å². The number of ether oxygens (including phenoxy) is 1. The van der Waals surface area contributed by atoms with Crippen LogP contribution >= 0.6 is 0 Å². The molecule has 1 aromatic rings. The lowest BCUT2D eigenvalue weighted by Gasteiger charge is -2.24. The fourth-order valence-corrected chi connectivity index (χ4v) is 2.21. The van der Waals surface area contributed by atoms with Crippen LogP contribution in [-0.2, 0) is 15.9 Å². The summed E-state index contributed by atoms with van der Waals surface area (Å²) in [6.07, 6.45) is -1.51. The van der Waals surface area contributed by atoms with E-state index in [1.807, 2.05) is 0 Å². The van der Waals surface area contributed by atoms with Crippen molar-refractivity contribution in [1.82, 2.24) is 10.1 Å². The number of nitrogens with two attached hydrogens (primary N) is 1. The van der Waals surface area contributed by atoms with Gasteiger partial charge in [-0.05, 0) is 32.6 Å². The molecular formula is C11H16F3N3O2. The molecule has 1 heterocycles. The average molecular weight is 279 g/mol. The van der Waals surface area contributed by atoms with E-state index in [4.69, 9.17) is 15.0 Å². The standard InChI is InChI=1S/C11H16F3N3O2/c1-9(15,11(12,13)14)8-16-7(17-19-8)10(18-2)5-3-4-6-10/h3-6,15H2,1-2H3. The number of rotatable bonds is 3. The Morgan fingerprint density at radius 1 is 1.32 bits per heavy atom. The first-order chi connectivity index (χ1) is 8.73. The Bertz CT molecular complexity index is 434. The van der Waals surface area contributed by atoms with Crippen molar-refractivity contribution < 1.29 is 22.4 Å². The lowest BCUT2D eigenvalue weighted by molar-refractivity contribution is -0.190. The maximum atomic E-state index is 12.8. The van der Waals surface area contributed by atoms with Gasteiger partial charge in [0.05, 0.1) is 0 Å². The zero-order valence-corrected chi connectivity index (χ0v) is 10.8. The molecule has 1 aliphatic rings. The molecule has 0 radical (unpaired) electrons. The first-order valence-electron chi connectivity index (χ1n) is 5.98. The van der Waals surface area contributed by atoms with Crippen LogP contribution in [0.5, 0.6) is 0 Å². The van der Waals surface area contributed by atoms with Gasteiger partial charge in [0, 0.05) is 7.11 Å². The first-order valence-corrected chi connectivity index (χ1v) is 5.98. The summed E-state index contributed by atoms with van der Waals surface area (Å²) in [5.41, 5.74) is 1.84. The summed E-state index contributed by atoms with van der Waals surface area (Å²) in [7, 11) is 1.49. The number of methoxy groups -OCH3 is 1. The van der Waals surface area contributed by atoms with Gasteiger partial charge in [0.2, 0.25) is 5.82 Å². The van der Waals surface area contributed by atoms with E-state index in [0.717, 1.165) is 19.8 Å². The number of hydrogen-bond donors (Lipinski definition) is 1. The van der Waals surface area contributed by atoms with Gasteiger partial charge >= 0.3 is 6.18 Å². The Morgan fingerprint density at radius 3 is 2.37 bits per heavy atom. The van der Waals surface area contributed by atoms with Crippen molar-refractivity contribution in [3.8, 4) is 0 Å². The quantitative estimate of drug-likeness (QED) is 0.918. The van der Waals surface area contributed by atoms with Gasteiger partial charge in [-0.2, -0.15) is 18.2 Å². The van der Waals surface area contributed by atoms with Gasteiger partial charge in [0.1, 0.15) is 5.60 Å². The van der Waals surface area contributed by atoms with Crippen molar-refractivity contribution in [3.05, 3.63) is 11.7 Å². The van der Waals surface area contributed by atoms with E-state index in [1.165, 1.54) is 7.11 Å². The zero-order valence-electron chi connectivity index (χ0n) is 10.8. The highest BCUT2D eigenvalue weighted by Crippen LogP contribution is 2.42. The monoisotopic (exact) mass is 279 g/mol. The second-order valence-electron chi connectivity index (χ2n) is 5.03. The number of alkyl halides is 3. The van der Waals surface area contributed by atoms with Crippen LogP contribution in [0.1, 0.15) is 44.3 Å². The smallest absolute Gasteiger partial charge is 0.370 e. The highest BCUT2D eigenvalue weighted by atomic mass is 19.4. The van der Waals surface area contributed by atoms with Crippen molar-refractivity contribution in [2.45, 2.75) is 49.9 Å². The predicted octanol–water partition coefficient (Wildman–Crippen LogP) is 2.22. The largest absolute Gasteiger partial charge is 0.415 e. The van der Waals surface area contributed by atoms with Crippen molar-refractivity contribution in [2.75, 3.05) is 7.11 Å². The highest BCUT2D eigenvalue weighted by molar-refractivity contribution is 5.10. The predicted molar refractivity (Wildman–Crippen MR) is 59.0 cm³/mol. The van der Waals surface area contributed by atoms with E-state index in [-0.39, 0.29) is 5.82 Å². The van der Waals surface area contributed by atoms with E-state index < -0.39 is 23.2 Å². The van der Waals surface area contributed by atoms with Gasteiger partial charge < -0.3 is 15.0 Å². The summed E-state index contributed by atoms with van der Waals surface area (Å²) in [5, 5.41) is 3.63. The van der Waals surface area contributed by atoms with E-state index in [9.17, 15) is 13.2 Å². The maximum absolute atomic E-state index is 12.8. The maximum Gasteiger partial charge on any atom is 0.415 e. The Kier molecular flexibility index (Phi) is 3.34. The molecule has 0 aromatic carbocycles. The Hall–Kier alpha value is -1.15. The molecule has 5 nitrogen and oxygen atoms in total. The average Bonchev–Trinajstić information content (AvgIpc) is 2.97. The minimum absolute atomic E-state index is 0.142. The van der Waals surface area contributed by atoms with Crippen molar-refractivity contribution in [2.24, 2.45) is 5.73 Å². The van der Waals surface area contributed by atoms with Gasteiger partial charge in [-0.25, -0.2) is 0 Å². The third-order valence-corrected chi connectivity index (χ3v) is 3.67. The van der Waals surface area contributed by atoms with Gasteiger partial charge in [-0.3, -0.25) is 0 Å². The Balaban J connectivity index is 2.34. The van der Waals surface area contributed by atoms with Crippen LogP contribution in [0.2, 0.25) is 0 Å². The molecule has 0 spiro atoms. The van der Waals surface area contributed by atoms with Crippen molar-refractivity contribution in [3.63, 3.8) is 0 Å². The summed E-state index contributed by atoms with van der Waals surface area (Å²) < 4.78 is 48.5. The molecule has 0 amide bonds. The molecule has 0 aliphatic heterocycles. The van der Waals surface area contributed by atoms with Crippen LogP contribution < -0.4 is 5.73 Å². The third-order valence-electron chi connectivity index (χ3n) is 3.67. The molecule has 0 saturated heterocycles. The fourth-order valence-electron chi connectivity index (χ4n) is 2.21. The van der Waals surface area contributed by atoms with Crippen LogP contribution in [0.25, 0.3) is 0 Å². The minimum atomic E-state index is -4.66. The molecule has 1 aromatic heterocycles. The third kappa shape index (κ3) is 2.23. The van der Waals surface area contributed by atoms with Crippen LogP contribution in [-0.4, -0.2) is 23.4 Å². The summed E-state index contributed by atoms with van der Waals surface area (Å²) in [4.78, 5) is 3.83. The minimum Gasteiger partial charge on any atom is -0.370 e. The lowest BCUT2D eigenvalue weighted by Crippen LogP contribution is -2.48. The molecule has 2 rings (SSSR count).